The predicted molar refractivity (Wildman–Crippen MR) is 123 cm³/mol. The van der Waals surface area contributed by atoms with Gasteiger partial charge in [0.1, 0.15) is 0 Å². The molecule has 0 spiro atoms. The van der Waals surface area contributed by atoms with Gasteiger partial charge >= 0.3 is 0 Å². The summed E-state index contributed by atoms with van der Waals surface area (Å²) in [6.45, 7) is 8.00. The molecule has 2 fully saturated rings. The lowest BCUT2D eigenvalue weighted by atomic mass is 10.3. The van der Waals surface area contributed by atoms with Crippen molar-refractivity contribution < 1.29 is 17.6 Å². The third kappa shape index (κ3) is 6.85. The SMILES string of the molecule is CCNC(=NCCN1CCS(=O)(=O)CC1)N1CCN(C(=O)c2ccco2)CC1.I. The van der Waals surface area contributed by atoms with Gasteiger partial charge in [-0.3, -0.25) is 14.7 Å². The van der Waals surface area contributed by atoms with Crippen LogP contribution < -0.4 is 5.32 Å². The Morgan fingerprint density at radius 3 is 2.38 bits per heavy atom. The van der Waals surface area contributed by atoms with Crippen LogP contribution in [0, 0.1) is 0 Å². The number of amides is 1. The van der Waals surface area contributed by atoms with Crippen LogP contribution in [0.15, 0.2) is 27.8 Å². The Morgan fingerprint density at radius 1 is 1.14 bits per heavy atom. The molecule has 3 rings (SSSR count). The second-order valence-electron chi connectivity index (χ2n) is 6.99. The van der Waals surface area contributed by atoms with E-state index in [1.165, 1.54) is 6.26 Å². The molecule has 3 heterocycles. The Labute approximate surface area is 189 Å². The highest BCUT2D eigenvalue weighted by molar-refractivity contribution is 14.0. The Kier molecular flexibility index (Phi) is 9.21. The van der Waals surface area contributed by atoms with Gasteiger partial charge in [0.05, 0.1) is 24.3 Å². The molecule has 0 aliphatic carbocycles. The van der Waals surface area contributed by atoms with E-state index in [1.54, 1.807) is 17.0 Å². The van der Waals surface area contributed by atoms with E-state index < -0.39 is 9.84 Å². The molecule has 0 saturated carbocycles. The summed E-state index contributed by atoms with van der Waals surface area (Å²) in [5, 5.41) is 3.31. The number of nitrogens with one attached hydrogen (secondary N) is 1. The minimum Gasteiger partial charge on any atom is -0.459 e. The standard InChI is InChI=1S/C18H29N5O4S.HI/c1-2-19-18(20-5-6-21-11-14-28(25,26)15-12-21)23-9-7-22(8-10-23)17(24)16-4-3-13-27-16;/h3-4,13H,2,5-12,14-15H2,1H3,(H,19,20);1H. The number of carbonyl (C=O) groups is 1. The fraction of sp³-hybridized carbons (Fsp3) is 0.667. The number of furan rings is 1. The van der Waals surface area contributed by atoms with Crippen molar-refractivity contribution in [1.82, 2.24) is 20.0 Å². The van der Waals surface area contributed by atoms with E-state index in [9.17, 15) is 13.2 Å². The van der Waals surface area contributed by atoms with Gasteiger partial charge in [-0.1, -0.05) is 0 Å². The first kappa shape index (κ1) is 23.9. The summed E-state index contributed by atoms with van der Waals surface area (Å²) < 4.78 is 28.2. The molecular weight excluding hydrogens is 509 g/mol. The molecule has 29 heavy (non-hydrogen) atoms. The van der Waals surface area contributed by atoms with E-state index in [2.05, 4.69) is 15.1 Å². The van der Waals surface area contributed by atoms with Crippen LogP contribution in [0.3, 0.4) is 0 Å². The second-order valence-corrected chi connectivity index (χ2v) is 9.29. The number of nitrogens with zero attached hydrogens (tertiary/aromatic N) is 4. The first-order chi connectivity index (χ1) is 13.5. The number of hydrogen-bond donors (Lipinski definition) is 1. The van der Waals surface area contributed by atoms with Crippen LogP contribution in [0.25, 0.3) is 0 Å². The Morgan fingerprint density at radius 2 is 1.79 bits per heavy atom. The summed E-state index contributed by atoms with van der Waals surface area (Å²) in [5.41, 5.74) is 0. The molecule has 0 aromatic carbocycles. The van der Waals surface area contributed by atoms with E-state index >= 15 is 0 Å². The van der Waals surface area contributed by atoms with Crippen LogP contribution >= 0.6 is 24.0 Å². The molecule has 0 unspecified atom stereocenters. The largest absolute Gasteiger partial charge is 0.459 e. The number of carbonyl (C=O) groups excluding carboxylic acids is 1. The molecule has 0 bridgehead atoms. The molecule has 1 N–H and O–H groups in total. The Balaban J connectivity index is 0.00000300. The number of aliphatic imine (C=N–C) groups is 1. The van der Waals surface area contributed by atoms with Crippen molar-refractivity contribution in [2.75, 3.05) is 70.4 Å². The molecule has 1 aromatic rings. The third-order valence-corrected chi connectivity index (χ3v) is 6.66. The van der Waals surface area contributed by atoms with Crippen molar-refractivity contribution in [1.29, 1.82) is 0 Å². The maximum Gasteiger partial charge on any atom is 0.289 e. The van der Waals surface area contributed by atoms with Gasteiger partial charge in [-0.25, -0.2) is 8.42 Å². The van der Waals surface area contributed by atoms with Gasteiger partial charge in [-0.15, -0.1) is 24.0 Å². The van der Waals surface area contributed by atoms with E-state index in [0.717, 1.165) is 19.0 Å². The van der Waals surface area contributed by atoms with Crippen LogP contribution in [0.5, 0.6) is 0 Å². The zero-order chi connectivity index (χ0) is 20.0. The predicted octanol–water partition coefficient (Wildman–Crippen LogP) is 0.351. The quantitative estimate of drug-likeness (QED) is 0.328. The summed E-state index contributed by atoms with van der Waals surface area (Å²) in [7, 11) is -2.85. The Hall–Kier alpha value is -1.34. The van der Waals surface area contributed by atoms with Gasteiger partial charge in [-0.05, 0) is 19.1 Å². The summed E-state index contributed by atoms with van der Waals surface area (Å²) >= 11 is 0. The third-order valence-electron chi connectivity index (χ3n) is 5.05. The maximum atomic E-state index is 12.4. The van der Waals surface area contributed by atoms with E-state index in [-0.39, 0.29) is 41.4 Å². The second kappa shape index (κ2) is 11.2. The van der Waals surface area contributed by atoms with Crippen molar-refractivity contribution in [3.63, 3.8) is 0 Å². The molecule has 11 heteroatoms. The summed E-state index contributed by atoms with van der Waals surface area (Å²) in [5.74, 6) is 1.62. The van der Waals surface area contributed by atoms with Crippen molar-refractivity contribution >= 4 is 45.7 Å². The minimum atomic E-state index is -2.85. The lowest BCUT2D eigenvalue weighted by molar-refractivity contribution is 0.0657. The van der Waals surface area contributed by atoms with Crippen LogP contribution in [0.4, 0.5) is 0 Å². The van der Waals surface area contributed by atoms with Crippen molar-refractivity contribution in [3.8, 4) is 0 Å². The van der Waals surface area contributed by atoms with Gasteiger partial charge in [0.15, 0.2) is 21.6 Å². The highest BCUT2D eigenvalue weighted by atomic mass is 127. The summed E-state index contributed by atoms with van der Waals surface area (Å²) in [6.07, 6.45) is 1.51. The lowest BCUT2D eigenvalue weighted by Gasteiger charge is -2.36. The van der Waals surface area contributed by atoms with E-state index in [1.807, 2.05) is 6.92 Å². The highest BCUT2D eigenvalue weighted by Gasteiger charge is 2.25. The van der Waals surface area contributed by atoms with Gasteiger partial charge in [0.25, 0.3) is 5.91 Å². The zero-order valence-electron chi connectivity index (χ0n) is 16.7. The number of sulfone groups is 1. The molecular formula is C18H30IN5O4S. The van der Waals surface area contributed by atoms with E-state index in [0.29, 0.717) is 51.6 Å². The van der Waals surface area contributed by atoms with Crippen molar-refractivity contribution in [3.05, 3.63) is 24.2 Å². The van der Waals surface area contributed by atoms with Crippen LogP contribution in [-0.4, -0.2) is 105 Å². The molecule has 2 saturated heterocycles. The smallest absolute Gasteiger partial charge is 0.289 e. The Bertz CT molecular complexity index is 762. The molecule has 2 aliphatic heterocycles. The van der Waals surface area contributed by atoms with Crippen molar-refractivity contribution in [2.45, 2.75) is 6.92 Å². The fourth-order valence-electron chi connectivity index (χ4n) is 3.37. The molecule has 1 aromatic heterocycles. The summed E-state index contributed by atoms with van der Waals surface area (Å²) in [4.78, 5) is 23.2. The minimum absolute atomic E-state index is 0. The van der Waals surface area contributed by atoms with Gasteiger partial charge in [0, 0.05) is 52.4 Å². The zero-order valence-corrected chi connectivity index (χ0v) is 19.9. The average Bonchev–Trinajstić information content (AvgIpc) is 3.23. The van der Waals surface area contributed by atoms with E-state index in [4.69, 9.17) is 9.41 Å². The fourth-order valence-corrected chi connectivity index (χ4v) is 4.65. The average molecular weight is 539 g/mol. The molecule has 1 amide bonds. The molecule has 0 atom stereocenters. The first-order valence-corrected chi connectivity index (χ1v) is 11.6. The van der Waals surface area contributed by atoms with Gasteiger partial charge < -0.3 is 19.5 Å². The first-order valence-electron chi connectivity index (χ1n) is 9.77. The normalized spacial score (nSPS) is 20.2. The van der Waals surface area contributed by atoms with Crippen LogP contribution in [-0.2, 0) is 9.84 Å². The molecule has 164 valence electrons. The van der Waals surface area contributed by atoms with Crippen molar-refractivity contribution in [2.24, 2.45) is 4.99 Å². The number of guanidine groups is 1. The maximum absolute atomic E-state index is 12.4. The molecule has 0 radical (unpaired) electrons. The number of rotatable bonds is 5. The van der Waals surface area contributed by atoms with Gasteiger partial charge in [-0.2, -0.15) is 0 Å². The number of piperazine rings is 1. The number of halogens is 1. The van der Waals surface area contributed by atoms with Gasteiger partial charge in [0.2, 0.25) is 0 Å². The van der Waals surface area contributed by atoms with Crippen LogP contribution in [0.1, 0.15) is 17.5 Å². The van der Waals surface area contributed by atoms with Crippen LogP contribution in [0.2, 0.25) is 0 Å². The lowest BCUT2D eigenvalue weighted by Crippen LogP contribution is -2.54. The summed E-state index contributed by atoms with van der Waals surface area (Å²) in [6, 6.07) is 3.41. The molecule has 9 nitrogen and oxygen atoms in total. The monoisotopic (exact) mass is 539 g/mol. The topological polar surface area (TPSA) is 98.5 Å². The highest BCUT2D eigenvalue weighted by Crippen LogP contribution is 2.10. The number of hydrogen-bond acceptors (Lipinski definition) is 6. The molecule has 2 aliphatic rings.